The van der Waals surface area contributed by atoms with Crippen molar-refractivity contribution < 1.29 is 0 Å². The quantitative estimate of drug-likeness (QED) is 0.338. The second-order valence-electron chi connectivity index (χ2n) is 2.05. The van der Waals surface area contributed by atoms with Crippen LogP contribution in [-0.4, -0.2) is 22.5 Å². The first-order valence-electron chi connectivity index (χ1n) is 2.73. The van der Waals surface area contributed by atoms with Gasteiger partial charge in [0.05, 0.1) is 0 Å². The summed E-state index contributed by atoms with van der Waals surface area (Å²) in [6.45, 7) is 3.17. The van der Waals surface area contributed by atoms with Crippen LogP contribution < -0.4 is 5.84 Å². The Morgan fingerprint density at radius 3 is 2.38 bits per heavy atom. The second kappa shape index (κ2) is 4.52. The predicted molar refractivity (Wildman–Crippen MR) is 44.9 cm³/mol. The molecule has 0 bridgehead atoms. The van der Waals surface area contributed by atoms with E-state index in [1.54, 1.807) is 5.01 Å². The van der Waals surface area contributed by atoms with Crippen molar-refractivity contribution in [3.05, 3.63) is 0 Å². The van der Waals surface area contributed by atoms with E-state index >= 15 is 0 Å². The molecule has 8 heavy (non-hydrogen) atoms. The van der Waals surface area contributed by atoms with Gasteiger partial charge in [0.15, 0.2) is 0 Å². The number of nitrogens with two attached hydrogens (primary N) is 1. The molecule has 0 radical (unpaired) electrons. The van der Waals surface area contributed by atoms with Crippen molar-refractivity contribution in [2.45, 2.75) is 17.3 Å². The van der Waals surface area contributed by atoms with E-state index in [9.17, 15) is 0 Å². The summed E-state index contributed by atoms with van der Waals surface area (Å²) in [7, 11) is 1.89. The zero-order valence-corrected chi connectivity index (χ0v) is 7.55. The lowest BCUT2D eigenvalue weighted by Gasteiger charge is -2.09. The van der Waals surface area contributed by atoms with E-state index in [4.69, 9.17) is 5.84 Å². The van der Waals surface area contributed by atoms with Crippen molar-refractivity contribution in [1.82, 2.24) is 5.01 Å². The summed E-state index contributed by atoms with van der Waals surface area (Å²) in [6, 6.07) is 0. The first-order valence-corrected chi connectivity index (χ1v) is 3.97. The zero-order valence-electron chi connectivity index (χ0n) is 5.39. The van der Waals surface area contributed by atoms with Crippen LogP contribution in [-0.2, 0) is 0 Å². The lowest BCUT2D eigenvalue weighted by Crippen LogP contribution is -2.27. The Morgan fingerprint density at radius 1 is 1.75 bits per heavy atom. The molecule has 0 aliphatic rings. The lowest BCUT2D eigenvalue weighted by molar-refractivity contribution is 0.345. The van der Waals surface area contributed by atoms with Crippen molar-refractivity contribution in [2.24, 2.45) is 5.84 Å². The summed E-state index contributed by atoms with van der Waals surface area (Å²) in [6.07, 6.45) is 1.17. The van der Waals surface area contributed by atoms with Crippen molar-refractivity contribution >= 4 is 22.6 Å². The average molecular weight is 228 g/mol. The van der Waals surface area contributed by atoms with Crippen LogP contribution in [0.1, 0.15) is 13.3 Å². The molecule has 3 heteroatoms. The van der Waals surface area contributed by atoms with Crippen LogP contribution in [0.3, 0.4) is 0 Å². The molecule has 0 heterocycles. The van der Waals surface area contributed by atoms with Gasteiger partial charge >= 0.3 is 0 Å². The van der Waals surface area contributed by atoms with Crippen molar-refractivity contribution in [1.29, 1.82) is 0 Å². The molecule has 0 fully saturated rings. The smallest absolute Gasteiger partial charge is 0.0135 e. The molecule has 0 aromatic heterocycles. The van der Waals surface area contributed by atoms with Gasteiger partial charge in [-0.3, -0.25) is 10.9 Å². The highest BCUT2D eigenvalue weighted by Crippen LogP contribution is 2.02. The molecule has 0 saturated heterocycles. The topological polar surface area (TPSA) is 29.3 Å². The number of halogens is 1. The van der Waals surface area contributed by atoms with E-state index in [1.165, 1.54) is 6.42 Å². The maximum absolute atomic E-state index is 5.37. The third-order valence-corrected chi connectivity index (χ3v) is 1.50. The number of hydrogen-bond acceptors (Lipinski definition) is 2. The molecule has 2 nitrogen and oxygen atoms in total. The molecule has 2 N–H and O–H groups in total. The van der Waals surface area contributed by atoms with E-state index in [-0.39, 0.29) is 0 Å². The van der Waals surface area contributed by atoms with E-state index in [0.717, 1.165) is 10.5 Å². The van der Waals surface area contributed by atoms with E-state index in [0.29, 0.717) is 0 Å². The maximum atomic E-state index is 5.37. The zero-order chi connectivity index (χ0) is 6.57. The molecular weight excluding hydrogens is 215 g/mol. The fourth-order valence-electron chi connectivity index (χ4n) is 0.382. The van der Waals surface area contributed by atoms with Gasteiger partial charge < -0.3 is 0 Å². The predicted octanol–water partition coefficient (Wildman–Crippen LogP) is 1.01. The number of hydrazine groups is 1. The largest absolute Gasteiger partial charge is 0.269 e. The normalized spacial score (nSPS) is 14.6. The number of hydrogen-bond donors (Lipinski definition) is 1. The Balaban J connectivity index is 2.93. The van der Waals surface area contributed by atoms with E-state index in [2.05, 4.69) is 29.5 Å². The van der Waals surface area contributed by atoms with Crippen LogP contribution >= 0.6 is 22.6 Å². The lowest BCUT2D eigenvalue weighted by atomic mass is 10.3. The van der Waals surface area contributed by atoms with E-state index < -0.39 is 0 Å². The minimum absolute atomic E-state index is 0.735. The van der Waals surface area contributed by atoms with Gasteiger partial charge in [-0.2, -0.15) is 0 Å². The summed E-state index contributed by atoms with van der Waals surface area (Å²) in [5.74, 6) is 5.37. The molecule has 0 aromatic rings. The third kappa shape index (κ3) is 6.65. The molecule has 0 aliphatic heterocycles. The maximum Gasteiger partial charge on any atom is 0.0135 e. The van der Waals surface area contributed by atoms with Gasteiger partial charge in [-0.25, -0.2) is 0 Å². The monoisotopic (exact) mass is 228 g/mol. The molecule has 1 atom stereocenters. The van der Waals surface area contributed by atoms with Crippen LogP contribution in [0.5, 0.6) is 0 Å². The summed E-state index contributed by atoms with van der Waals surface area (Å²) >= 11 is 2.39. The highest BCUT2D eigenvalue weighted by Gasteiger charge is 1.95. The van der Waals surface area contributed by atoms with Gasteiger partial charge in [0.25, 0.3) is 0 Å². The van der Waals surface area contributed by atoms with Gasteiger partial charge in [-0.1, -0.05) is 29.5 Å². The van der Waals surface area contributed by atoms with Crippen LogP contribution in [0.15, 0.2) is 0 Å². The molecule has 0 spiro atoms. The second-order valence-corrected chi connectivity index (χ2v) is 4.18. The SMILES string of the molecule is CC(I)CCN(C)N. The molecule has 50 valence electrons. The third-order valence-electron chi connectivity index (χ3n) is 0.880. The number of rotatable bonds is 3. The van der Waals surface area contributed by atoms with Gasteiger partial charge in [-0.15, -0.1) is 0 Å². The Hall–Kier alpha value is 0.650. The van der Waals surface area contributed by atoms with Gasteiger partial charge in [-0.05, 0) is 6.42 Å². The minimum atomic E-state index is 0.735. The Morgan fingerprint density at radius 2 is 2.25 bits per heavy atom. The molecule has 0 amide bonds. The fraction of sp³-hybridized carbons (Fsp3) is 1.00. The number of nitrogens with zero attached hydrogens (tertiary/aromatic N) is 1. The molecular formula is C5H13IN2. The van der Waals surface area contributed by atoms with Gasteiger partial charge in [0, 0.05) is 17.5 Å². The molecule has 0 aromatic carbocycles. The minimum Gasteiger partial charge on any atom is -0.269 e. The molecule has 0 aliphatic carbocycles. The van der Waals surface area contributed by atoms with Gasteiger partial charge in [0.1, 0.15) is 0 Å². The van der Waals surface area contributed by atoms with Crippen molar-refractivity contribution in [2.75, 3.05) is 13.6 Å². The first-order chi connectivity index (χ1) is 3.63. The summed E-state index contributed by atoms with van der Waals surface area (Å²) in [5, 5.41) is 1.72. The van der Waals surface area contributed by atoms with Crippen molar-refractivity contribution in [3.8, 4) is 0 Å². The summed E-state index contributed by atoms with van der Waals surface area (Å²) < 4.78 is 0.735. The van der Waals surface area contributed by atoms with Crippen LogP contribution in [0.4, 0.5) is 0 Å². The van der Waals surface area contributed by atoms with Crippen LogP contribution in [0.2, 0.25) is 0 Å². The Kier molecular flexibility index (Phi) is 4.89. The fourth-order valence-corrected chi connectivity index (χ4v) is 0.660. The molecule has 1 unspecified atom stereocenters. The highest BCUT2D eigenvalue weighted by molar-refractivity contribution is 14.1. The van der Waals surface area contributed by atoms with Gasteiger partial charge in [0.2, 0.25) is 0 Å². The first kappa shape index (κ1) is 8.65. The Labute approximate surface area is 64.5 Å². The Bertz CT molecular complexity index is 46.4. The standard InChI is InChI=1S/C5H13IN2/c1-5(6)3-4-8(2)7/h5H,3-4,7H2,1-2H3. The summed E-state index contributed by atoms with van der Waals surface area (Å²) in [5.41, 5.74) is 0. The molecule has 0 saturated carbocycles. The molecule has 0 rings (SSSR count). The highest BCUT2D eigenvalue weighted by atomic mass is 127. The summed E-state index contributed by atoms with van der Waals surface area (Å²) in [4.78, 5) is 0. The van der Waals surface area contributed by atoms with E-state index in [1.807, 2.05) is 7.05 Å². The van der Waals surface area contributed by atoms with Crippen molar-refractivity contribution in [3.63, 3.8) is 0 Å². The number of alkyl halides is 1. The average Bonchev–Trinajstić information content (AvgIpc) is 1.61. The van der Waals surface area contributed by atoms with Crippen LogP contribution in [0, 0.1) is 0 Å². The van der Waals surface area contributed by atoms with Crippen LogP contribution in [0.25, 0.3) is 0 Å².